The van der Waals surface area contributed by atoms with E-state index in [1.54, 1.807) is 0 Å². The summed E-state index contributed by atoms with van der Waals surface area (Å²) in [5, 5.41) is 3.61. The first-order valence-electron chi connectivity index (χ1n) is 7.51. The number of imidazole rings is 1. The molecule has 0 aliphatic carbocycles. The topological polar surface area (TPSA) is 39.1 Å². The van der Waals surface area contributed by atoms with Gasteiger partial charge in [0.25, 0.3) is 0 Å². The molecule has 1 saturated heterocycles. The summed E-state index contributed by atoms with van der Waals surface area (Å²) in [6.45, 7) is 4.93. The van der Waals surface area contributed by atoms with E-state index in [2.05, 4.69) is 42.1 Å². The molecule has 1 aromatic carbocycles. The van der Waals surface area contributed by atoms with Crippen molar-refractivity contribution in [3.8, 4) is 0 Å². The Hall–Kier alpha value is -1.39. The van der Waals surface area contributed by atoms with Gasteiger partial charge in [-0.25, -0.2) is 4.98 Å². The van der Waals surface area contributed by atoms with Gasteiger partial charge in [-0.15, -0.1) is 0 Å². The molecule has 2 aromatic rings. The van der Waals surface area contributed by atoms with Crippen LogP contribution >= 0.6 is 0 Å². The molecule has 1 N–H and O–H groups in total. The summed E-state index contributed by atoms with van der Waals surface area (Å²) < 4.78 is 7.76. The number of para-hydroxylation sites is 2. The van der Waals surface area contributed by atoms with E-state index in [0.29, 0.717) is 12.0 Å². The van der Waals surface area contributed by atoms with E-state index >= 15 is 0 Å². The fourth-order valence-corrected chi connectivity index (χ4v) is 3.11. The van der Waals surface area contributed by atoms with Crippen LogP contribution in [0.2, 0.25) is 0 Å². The van der Waals surface area contributed by atoms with Crippen molar-refractivity contribution in [1.29, 1.82) is 0 Å². The van der Waals surface area contributed by atoms with Crippen molar-refractivity contribution in [1.82, 2.24) is 14.9 Å². The van der Waals surface area contributed by atoms with Crippen molar-refractivity contribution in [2.45, 2.75) is 25.8 Å². The smallest absolute Gasteiger partial charge is 0.111 e. The second-order valence-corrected chi connectivity index (χ2v) is 5.57. The Morgan fingerprint density at radius 1 is 1.45 bits per heavy atom. The largest absolute Gasteiger partial charge is 0.381 e. The first kappa shape index (κ1) is 13.6. The van der Waals surface area contributed by atoms with Gasteiger partial charge in [0.05, 0.1) is 17.6 Å². The number of fused-ring (bicyclic) bond motifs is 1. The van der Waals surface area contributed by atoms with Crippen LogP contribution in [0.25, 0.3) is 11.0 Å². The van der Waals surface area contributed by atoms with E-state index < -0.39 is 0 Å². The van der Waals surface area contributed by atoms with E-state index in [4.69, 9.17) is 9.72 Å². The minimum atomic E-state index is 0.456. The van der Waals surface area contributed by atoms with E-state index in [-0.39, 0.29) is 0 Å². The molecule has 20 heavy (non-hydrogen) atoms. The molecule has 4 nitrogen and oxygen atoms in total. The molecular formula is C16H23N3O. The average Bonchev–Trinajstić information content (AvgIpc) is 3.08. The number of hydrogen-bond donors (Lipinski definition) is 1. The molecule has 1 fully saturated rings. The fraction of sp³-hybridized carbons (Fsp3) is 0.562. The van der Waals surface area contributed by atoms with Gasteiger partial charge in [-0.3, -0.25) is 0 Å². The molecule has 0 amide bonds. The van der Waals surface area contributed by atoms with Crippen LogP contribution in [-0.2, 0) is 18.2 Å². The van der Waals surface area contributed by atoms with E-state index in [1.807, 2.05) is 6.07 Å². The third-order valence-electron chi connectivity index (χ3n) is 4.28. The summed E-state index contributed by atoms with van der Waals surface area (Å²) in [5.74, 6) is 1.76. The first-order valence-corrected chi connectivity index (χ1v) is 7.51. The SMILES string of the molecule is CCNC(Cc1nc2ccccc2n1C)C1CCOC1. The van der Waals surface area contributed by atoms with Crippen LogP contribution < -0.4 is 5.32 Å². The number of ether oxygens (including phenoxy) is 1. The van der Waals surface area contributed by atoms with Crippen molar-refractivity contribution in [3.05, 3.63) is 30.1 Å². The van der Waals surface area contributed by atoms with Crippen LogP contribution in [-0.4, -0.2) is 35.4 Å². The first-order chi connectivity index (χ1) is 9.79. The molecule has 1 aromatic heterocycles. The molecule has 1 aliphatic heterocycles. The molecule has 108 valence electrons. The zero-order chi connectivity index (χ0) is 13.9. The highest BCUT2D eigenvalue weighted by atomic mass is 16.5. The molecular weight excluding hydrogens is 250 g/mol. The highest BCUT2D eigenvalue weighted by Crippen LogP contribution is 2.21. The minimum absolute atomic E-state index is 0.456. The van der Waals surface area contributed by atoms with Crippen molar-refractivity contribution in [3.63, 3.8) is 0 Å². The second kappa shape index (κ2) is 5.94. The molecule has 0 bridgehead atoms. The van der Waals surface area contributed by atoms with Gasteiger partial charge in [-0.2, -0.15) is 0 Å². The van der Waals surface area contributed by atoms with Crippen LogP contribution in [0.5, 0.6) is 0 Å². The average molecular weight is 273 g/mol. The van der Waals surface area contributed by atoms with E-state index in [9.17, 15) is 0 Å². The van der Waals surface area contributed by atoms with Crippen molar-refractivity contribution in [2.75, 3.05) is 19.8 Å². The highest BCUT2D eigenvalue weighted by Gasteiger charge is 2.26. The van der Waals surface area contributed by atoms with Crippen LogP contribution in [0.3, 0.4) is 0 Å². The monoisotopic (exact) mass is 273 g/mol. The third kappa shape index (κ3) is 2.58. The van der Waals surface area contributed by atoms with Gasteiger partial charge < -0.3 is 14.6 Å². The van der Waals surface area contributed by atoms with Crippen molar-refractivity contribution < 1.29 is 4.74 Å². The molecule has 2 unspecified atom stereocenters. The summed E-state index contributed by atoms with van der Waals surface area (Å²) in [7, 11) is 2.11. The maximum Gasteiger partial charge on any atom is 0.111 e. The Morgan fingerprint density at radius 3 is 3.00 bits per heavy atom. The maximum atomic E-state index is 5.54. The fourth-order valence-electron chi connectivity index (χ4n) is 3.11. The highest BCUT2D eigenvalue weighted by molar-refractivity contribution is 5.75. The number of nitrogens with zero attached hydrogens (tertiary/aromatic N) is 2. The predicted molar refractivity (Wildman–Crippen MR) is 80.8 cm³/mol. The molecule has 2 atom stereocenters. The Bertz CT molecular complexity index is 572. The van der Waals surface area contributed by atoms with Gasteiger partial charge in [-0.05, 0) is 25.1 Å². The van der Waals surface area contributed by atoms with Crippen LogP contribution in [0.4, 0.5) is 0 Å². The number of aryl methyl sites for hydroxylation is 1. The van der Waals surface area contributed by atoms with Crippen LogP contribution in [0.1, 0.15) is 19.2 Å². The maximum absolute atomic E-state index is 5.54. The second-order valence-electron chi connectivity index (χ2n) is 5.57. The Kier molecular flexibility index (Phi) is 4.03. The number of hydrogen-bond acceptors (Lipinski definition) is 3. The predicted octanol–water partition coefficient (Wildman–Crippen LogP) is 2.13. The van der Waals surface area contributed by atoms with Gasteiger partial charge in [0.15, 0.2) is 0 Å². The van der Waals surface area contributed by atoms with Crippen LogP contribution in [0, 0.1) is 5.92 Å². The number of aromatic nitrogens is 2. The zero-order valence-corrected chi connectivity index (χ0v) is 12.3. The zero-order valence-electron chi connectivity index (χ0n) is 12.3. The summed E-state index contributed by atoms with van der Waals surface area (Å²) in [5.41, 5.74) is 2.29. The number of nitrogens with one attached hydrogen (secondary N) is 1. The van der Waals surface area contributed by atoms with Crippen molar-refractivity contribution in [2.24, 2.45) is 13.0 Å². The summed E-state index contributed by atoms with van der Waals surface area (Å²) in [4.78, 5) is 4.79. The molecule has 1 aliphatic rings. The standard InChI is InChI=1S/C16H23N3O/c1-3-17-14(12-8-9-20-11-12)10-16-18-13-6-4-5-7-15(13)19(16)2/h4-7,12,14,17H,3,8-11H2,1-2H3. The Labute approximate surface area is 120 Å². The lowest BCUT2D eigenvalue weighted by atomic mass is 9.96. The molecule has 4 heteroatoms. The van der Waals surface area contributed by atoms with Gasteiger partial charge in [0.1, 0.15) is 5.82 Å². The molecule has 0 spiro atoms. The molecule has 3 rings (SSSR count). The minimum Gasteiger partial charge on any atom is -0.381 e. The summed E-state index contributed by atoms with van der Waals surface area (Å²) in [6.07, 6.45) is 2.12. The lowest BCUT2D eigenvalue weighted by Crippen LogP contribution is -2.39. The molecule has 0 radical (unpaired) electrons. The molecule has 2 heterocycles. The van der Waals surface area contributed by atoms with Crippen LogP contribution in [0.15, 0.2) is 24.3 Å². The van der Waals surface area contributed by atoms with Crippen molar-refractivity contribution >= 4 is 11.0 Å². The Morgan fingerprint density at radius 2 is 2.30 bits per heavy atom. The summed E-state index contributed by atoms with van der Waals surface area (Å²) >= 11 is 0. The quantitative estimate of drug-likeness (QED) is 0.907. The van der Waals surface area contributed by atoms with Gasteiger partial charge >= 0.3 is 0 Å². The lowest BCUT2D eigenvalue weighted by molar-refractivity contribution is 0.176. The van der Waals surface area contributed by atoms with E-state index in [1.165, 1.54) is 5.52 Å². The van der Waals surface area contributed by atoms with Gasteiger partial charge in [0.2, 0.25) is 0 Å². The third-order valence-corrected chi connectivity index (χ3v) is 4.28. The lowest BCUT2D eigenvalue weighted by Gasteiger charge is -2.23. The number of rotatable bonds is 5. The number of benzene rings is 1. The van der Waals surface area contributed by atoms with Gasteiger partial charge in [0, 0.05) is 32.0 Å². The molecule has 0 saturated carbocycles. The number of likely N-dealkylation sites (N-methyl/N-ethyl adjacent to an activating group) is 1. The normalized spacial score (nSPS) is 20.6. The summed E-state index contributed by atoms with van der Waals surface area (Å²) in [6, 6.07) is 8.79. The van der Waals surface area contributed by atoms with Gasteiger partial charge in [-0.1, -0.05) is 19.1 Å². The Balaban J connectivity index is 1.84. The van der Waals surface area contributed by atoms with E-state index in [0.717, 1.165) is 43.9 Å².